The van der Waals surface area contributed by atoms with E-state index in [2.05, 4.69) is 0 Å². The first-order chi connectivity index (χ1) is 7.00. The van der Waals surface area contributed by atoms with Gasteiger partial charge in [-0.2, -0.15) is 0 Å². The second kappa shape index (κ2) is 4.82. The van der Waals surface area contributed by atoms with Crippen LogP contribution in [0.1, 0.15) is 20.8 Å². The molecule has 1 aliphatic heterocycles. The number of hydrogen-bond acceptors (Lipinski definition) is 5. The van der Waals surface area contributed by atoms with E-state index in [-0.39, 0.29) is 6.10 Å². The van der Waals surface area contributed by atoms with Crippen molar-refractivity contribution in [3.05, 3.63) is 12.3 Å². The van der Waals surface area contributed by atoms with Gasteiger partial charge in [0, 0.05) is 13.8 Å². The predicted molar refractivity (Wildman–Crippen MR) is 50.8 cm³/mol. The van der Waals surface area contributed by atoms with Crippen LogP contribution in [0.4, 0.5) is 0 Å². The summed E-state index contributed by atoms with van der Waals surface area (Å²) in [6.45, 7) is 4.35. The molecule has 5 nitrogen and oxygen atoms in total. The van der Waals surface area contributed by atoms with Crippen LogP contribution in [0.3, 0.4) is 0 Å². The highest BCUT2D eigenvalue weighted by atomic mass is 16.6. The molecule has 0 bridgehead atoms. The lowest BCUT2D eigenvalue weighted by Crippen LogP contribution is -2.43. The van der Waals surface area contributed by atoms with Crippen LogP contribution in [0.25, 0.3) is 0 Å². The van der Waals surface area contributed by atoms with E-state index in [0.717, 1.165) is 0 Å². The second-order valence-corrected chi connectivity index (χ2v) is 3.32. The first kappa shape index (κ1) is 11.6. The van der Waals surface area contributed by atoms with Crippen LogP contribution in [0.2, 0.25) is 0 Å². The SMILES string of the molecule is CC(=O)O[C@H]1[C@@H](C)OC=C[C@H]1OC(C)=O. The topological polar surface area (TPSA) is 61.8 Å². The maximum absolute atomic E-state index is 10.8. The van der Waals surface area contributed by atoms with E-state index in [9.17, 15) is 9.59 Å². The van der Waals surface area contributed by atoms with Crippen LogP contribution in [0.15, 0.2) is 12.3 Å². The fourth-order valence-electron chi connectivity index (χ4n) is 1.35. The van der Waals surface area contributed by atoms with Crippen molar-refractivity contribution >= 4 is 11.9 Å². The van der Waals surface area contributed by atoms with Crippen LogP contribution < -0.4 is 0 Å². The number of carbonyl (C=O) groups is 2. The van der Waals surface area contributed by atoms with Crippen LogP contribution in [0.5, 0.6) is 0 Å². The maximum atomic E-state index is 10.8. The van der Waals surface area contributed by atoms with Gasteiger partial charge in [-0.15, -0.1) is 0 Å². The Balaban J connectivity index is 2.71. The fraction of sp³-hybridized carbons (Fsp3) is 0.600. The number of esters is 2. The summed E-state index contributed by atoms with van der Waals surface area (Å²) in [5.41, 5.74) is 0. The molecule has 0 aliphatic carbocycles. The quantitative estimate of drug-likeness (QED) is 0.636. The van der Waals surface area contributed by atoms with Crippen molar-refractivity contribution in [2.45, 2.75) is 39.1 Å². The van der Waals surface area contributed by atoms with Gasteiger partial charge in [0.1, 0.15) is 6.10 Å². The minimum Gasteiger partial charge on any atom is -0.494 e. The van der Waals surface area contributed by atoms with Crippen molar-refractivity contribution < 1.29 is 23.8 Å². The molecular formula is C10H14O5. The Morgan fingerprint density at radius 1 is 1.20 bits per heavy atom. The molecule has 0 saturated carbocycles. The van der Waals surface area contributed by atoms with Gasteiger partial charge in [-0.1, -0.05) is 0 Å². The molecule has 0 saturated heterocycles. The lowest BCUT2D eigenvalue weighted by Gasteiger charge is -2.31. The van der Waals surface area contributed by atoms with Gasteiger partial charge in [-0.05, 0) is 13.0 Å². The molecule has 5 heteroatoms. The number of carbonyl (C=O) groups excluding carboxylic acids is 2. The van der Waals surface area contributed by atoms with E-state index in [4.69, 9.17) is 14.2 Å². The van der Waals surface area contributed by atoms with E-state index in [0.29, 0.717) is 0 Å². The smallest absolute Gasteiger partial charge is 0.303 e. The molecule has 1 heterocycles. The van der Waals surface area contributed by atoms with Gasteiger partial charge < -0.3 is 14.2 Å². The maximum Gasteiger partial charge on any atom is 0.303 e. The molecule has 3 atom stereocenters. The Morgan fingerprint density at radius 3 is 2.33 bits per heavy atom. The predicted octanol–water partition coefficient (Wildman–Crippen LogP) is 0.782. The Bertz CT molecular complexity index is 284. The molecule has 84 valence electrons. The fourth-order valence-corrected chi connectivity index (χ4v) is 1.35. The molecule has 0 aromatic rings. The zero-order valence-electron chi connectivity index (χ0n) is 8.93. The minimum atomic E-state index is -0.587. The Kier molecular flexibility index (Phi) is 3.71. The molecule has 0 aromatic heterocycles. The highest BCUT2D eigenvalue weighted by molar-refractivity contribution is 5.67. The van der Waals surface area contributed by atoms with Crippen molar-refractivity contribution in [2.75, 3.05) is 0 Å². The zero-order chi connectivity index (χ0) is 11.4. The van der Waals surface area contributed by atoms with Crippen molar-refractivity contribution in [2.24, 2.45) is 0 Å². The molecule has 0 radical (unpaired) electrons. The third-order valence-electron chi connectivity index (χ3n) is 1.95. The molecule has 0 fully saturated rings. The van der Waals surface area contributed by atoms with Crippen LogP contribution in [-0.4, -0.2) is 30.3 Å². The van der Waals surface area contributed by atoms with Crippen molar-refractivity contribution in [1.82, 2.24) is 0 Å². The van der Waals surface area contributed by atoms with E-state index in [1.807, 2.05) is 0 Å². The first-order valence-electron chi connectivity index (χ1n) is 4.67. The van der Waals surface area contributed by atoms with E-state index >= 15 is 0 Å². The van der Waals surface area contributed by atoms with E-state index in [1.54, 1.807) is 13.0 Å². The van der Waals surface area contributed by atoms with Gasteiger partial charge in [0.25, 0.3) is 0 Å². The van der Waals surface area contributed by atoms with E-state index < -0.39 is 24.1 Å². The summed E-state index contributed by atoms with van der Waals surface area (Å²) in [7, 11) is 0. The average molecular weight is 214 g/mol. The first-order valence-corrected chi connectivity index (χ1v) is 4.67. The number of hydrogen-bond donors (Lipinski definition) is 0. The van der Waals surface area contributed by atoms with Crippen molar-refractivity contribution in [3.8, 4) is 0 Å². The standard InChI is InChI=1S/C10H14O5/c1-6-10(15-8(3)12)9(4-5-13-6)14-7(2)11/h4-6,9-10H,1-3H3/t6-,9-,10+/m1/s1. The Morgan fingerprint density at radius 2 is 1.80 bits per heavy atom. The number of ether oxygens (including phenoxy) is 3. The zero-order valence-corrected chi connectivity index (χ0v) is 8.93. The summed E-state index contributed by atoms with van der Waals surface area (Å²) in [5, 5.41) is 0. The summed E-state index contributed by atoms with van der Waals surface area (Å²) < 4.78 is 15.2. The number of rotatable bonds is 2. The normalized spacial score (nSPS) is 29.1. The summed E-state index contributed by atoms with van der Waals surface area (Å²) in [4.78, 5) is 21.7. The molecule has 15 heavy (non-hydrogen) atoms. The van der Waals surface area contributed by atoms with Crippen molar-refractivity contribution in [3.63, 3.8) is 0 Å². The monoisotopic (exact) mass is 214 g/mol. The summed E-state index contributed by atoms with van der Waals surface area (Å²) >= 11 is 0. The third-order valence-corrected chi connectivity index (χ3v) is 1.95. The van der Waals surface area contributed by atoms with Gasteiger partial charge in [0.15, 0.2) is 12.2 Å². The van der Waals surface area contributed by atoms with Crippen molar-refractivity contribution in [1.29, 1.82) is 0 Å². The highest BCUT2D eigenvalue weighted by Crippen LogP contribution is 2.18. The molecule has 0 N–H and O–H groups in total. The molecular weight excluding hydrogens is 200 g/mol. The molecule has 0 amide bonds. The molecule has 0 aromatic carbocycles. The summed E-state index contributed by atoms with van der Waals surface area (Å²) in [5.74, 6) is -0.848. The molecule has 1 rings (SSSR count). The molecule has 0 spiro atoms. The van der Waals surface area contributed by atoms with Gasteiger partial charge in [-0.3, -0.25) is 9.59 Å². The van der Waals surface area contributed by atoms with Crippen LogP contribution >= 0.6 is 0 Å². The lowest BCUT2D eigenvalue weighted by atomic mass is 10.1. The summed E-state index contributed by atoms with van der Waals surface area (Å²) in [6.07, 6.45) is 1.50. The van der Waals surface area contributed by atoms with Gasteiger partial charge >= 0.3 is 11.9 Å². The van der Waals surface area contributed by atoms with Gasteiger partial charge in [0.05, 0.1) is 6.26 Å². The third kappa shape index (κ3) is 3.27. The highest BCUT2D eigenvalue weighted by Gasteiger charge is 2.34. The Labute approximate surface area is 88.0 Å². The Hall–Kier alpha value is -1.52. The van der Waals surface area contributed by atoms with Gasteiger partial charge in [-0.25, -0.2) is 0 Å². The molecule has 1 aliphatic rings. The van der Waals surface area contributed by atoms with Gasteiger partial charge in [0.2, 0.25) is 0 Å². The lowest BCUT2D eigenvalue weighted by molar-refractivity contribution is -0.172. The molecule has 0 unspecified atom stereocenters. The van der Waals surface area contributed by atoms with Crippen LogP contribution in [-0.2, 0) is 23.8 Å². The average Bonchev–Trinajstić information content (AvgIpc) is 2.09. The van der Waals surface area contributed by atoms with Crippen LogP contribution in [0, 0.1) is 0 Å². The minimum absolute atomic E-state index is 0.330. The van der Waals surface area contributed by atoms with E-state index in [1.165, 1.54) is 20.1 Å². The second-order valence-electron chi connectivity index (χ2n) is 3.32. The largest absolute Gasteiger partial charge is 0.494 e. The summed E-state index contributed by atoms with van der Waals surface area (Å²) in [6, 6.07) is 0.